The minimum atomic E-state index is -0.436. The van der Waals surface area contributed by atoms with Gasteiger partial charge >= 0.3 is 5.69 Å². The Hall–Kier alpha value is -2.08. The van der Waals surface area contributed by atoms with Crippen LogP contribution >= 0.6 is 11.3 Å². The highest BCUT2D eigenvalue weighted by atomic mass is 32.1. The van der Waals surface area contributed by atoms with Crippen LogP contribution in [-0.4, -0.2) is 12.0 Å². The number of nitrogens with one attached hydrogen (secondary N) is 1. The Morgan fingerprint density at radius 3 is 2.89 bits per heavy atom. The molecule has 0 fully saturated rings. The number of rotatable bonds is 5. The zero-order valence-electron chi connectivity index (χ0n) is 9.75. The minimum absolute atomic E-state index is 0.0322. The van der Waals surface area contributed by atoms with Gasteiger partial charge in [0, 0.05) is 6.54 Å². The molecule has 6 heteroatoms. The van der Waals surface area contributed by atoms with Gasteiger partial charge in [0.1, 0.15) is 5.69 Å². The van der Waals surface area contributed by atoms with Gasteiger partial charge in [-0.25, -0.2) is 0 Å². The Morgan fingerprint density at radius 2 is 2.28 bits per heavy atom. The fourth-order valence-corrected chi connectivity index (χ4v) is 2.28. The van der Waals surface area contributed by atoms with E-state index in [9.17, 15) is 10.1 Å². The van der Waals surface area contributed by atoms with E-state index in [0.717, 1.165) is 5.56 Å². The van der Waals surface area contributed by atoms with Gasteiger partial charge in [-0.2, -0.15) is 11.3 Å². The molecule has 0 radical (unpaired) electrons. The van der Waals surface area contributed by atoms with Crippen LogP contribution in [0.2, 0.25) is 0 Å². The number of benzene rings is 1. The van der Waals surface area contributed by atoms with Gasteiger partial charge in [0.2, 0.25) is 0 Å². The lowest BCUT2D eigenvalue weighted by Crippen LogP contribution is -2.03. The number of methoxy groups -OCH3 is 1. The number of hydrogen-bond donors (Lipinski definition) is 1. The molecule has 0 saturated heterocycles. The van der Waals surface area contributed by atoms with Crippen LogP contribution in [0.4, 0.5) is 11.4 Å². The fourth-order valence-electron chi connectivity index (χ4n) is 1.61. The topological polar surface area (TPSA) is 64.4 Å². The van der Waals surface area contributed by atoms with Crippen molar-refractivity contribution in [3.05, 3.63) is 50.7 Å². The highest BCUT2D eigenvalue weighted by molar-refractivity contribution is 7.07. The van der Waals surface area contributed by atoms with Gasteiger partial charge in [0.05, 0.1) is 12.0 Å². The lowest BCUT2D eigenvalue weighted by Gasteiger charge is -2.08. The smallest absolute Gasteiger partial charge is 0.333 e. The highest BCUT2D eigenvalue weighted by Crippen LogP contribution is 2.34. The molecule has 1 N–H and O–H groups in total. The molecule has 5 nitrogen and oxygen atoms in total. The number of ether oxygens (including phenoxy) is 1. The summed E-state index contributed by atoms with van der Waals surface area (Å²) in [4.78, 5) is 10.6. The van der Waals surface area contributed by atoms with Crippen molar-refractivity contribution in [1.82, 2.24) is 0 Å². The van der Waals surface area contributed by atoms with Gasteiger partial charge in [-0.15, -0.1) is 0 Å². The van der Waals surface area contributed by atoms with Crippen molar-refractivity contribution in [3.63, 3.8) is 0 Å². The molecule has 18 heavy (non-hydrogen) atoms. The molecule has 94 valence electrons. The van der Waals surface area contributed by atoms with Crippen molar-refractivity contribution < 1.29 is 9.66 Å². The van der Waals surface area contributed by atoms with Crippen LogP contribution in [0.5, 0.6) is 5.75 Å². The Morgan fingerprint density at radius 1 is 1.44 bits per heavy atom. The molecular formula is C12H12N2O3S. The number of para-hydroxylation sites is 1. The zero-order chi connectivity index (χ0) is 13.0. The second-order valence-electron chi connectivity index (χ2n) is 3.60. The first-order valence-corrected chi connectivity index (χ1v) is 6.23. The number of thiophene rings is 1. The molecule has 0 aliphatic heterocycles. The van der Waals surface area contributed by atoms with Crippen LogP contribution in [0.3, 0.4) is 0 Å². The maximum Gasteiger partial charge on any atom is 0.333 e. The third-order valence-electron chi connectivity index (χ3n) is 2.46. The van der Waals surface area contributed by atoms with Crippen molar-refractivity contribution in [3.8, 4) is 5.75 Å². The summed E-state index contributed by atoms with van der Waals surface area (Å²) < 4.78 is 5.00. The van der Waals surface area contributed by atoms with Crippen LogP contribution < -0.4 is 10.1 Å². The van der Waals surface area contributed by atoms with Gasteiger partial charge in [-0.05, 0) is 34.5 Å². The number of anilines is 1. The molecule has 2 rings (SSSR count). The molecular weight excluding hydrogens is 252 g/mol. The summed E-state index contributed by atoms with van der Waals surface area (Å²) in [5, 5.41) is 18.1. The molecule has 0 aliphatic rings. The quantitative estimate of drug-likeness (QED) is 0.665. The molecule has 0 bridgehead atoms. The second-order valence-corrected chi connectivity index (χ2v) is 4.38. The summed E-state index contributed by atoms with van der Waals surface area (Å²) in [5.41, 5.74) is 1.53. The predicted octanol–water partition coefficient (Wildman–Crippen LogP) is 3.28. The first-order chi connectivity index (χ1) is 8.72. The van der Waals surface area contributed by atoms with Gasteiger partial charge in [-0.3, -0.25) is 10.1 Å². The molecule has 2 aromatic rings. The molecule has 0 unspecified atom stereocenters. The summed E-state index contributed by atoms with van der Waals surface area (Å²) in [6, 6.07) is 6.95. The van der Waals surface area contributed by atoms with Crippen molar-refractivity contribution in [1.29, 1.82) is 0 Å². The molecule has 1 aromatic heterocycles. The van der Waals surface area contributed by atoms with Gasteiger partial charge in [0.25, 0.3) is 0 Å². The molecule has 1 aromatic carbocycles. The number of nitro benzene ring substituents is 1. The summed E-state index contributed by atoms with van der Waals surface area (Å²) in [5.74, 6) is 0.260. The predicted molar refractivity (Wildman–Crippen MR) is 71.3 cm³/mol. The lowest BCUT2D eigenvalue weighted by molar-refractivity contribution is -0.384. The largest absolute Gasteiger partial charge is 0.490 e. The normalized spacial score (nSPS) is 10.1. The van der Waals surface area contributed by atoms with Gasteiger partial charge in [0.15, 0.2) is 5.75 Å². The summed E-state index contributed by atoms with van der Waals surface area (Å²) in [7, 11) is 1.42. The van der Waals surface area contributed by atoms with Crippen LogP contribution in [0, 0.1) is 10.1 Å². The zero-order valence-corrected chi connectivity index (χ0v) is 10.6. The van der Waals surface area contributed by atoms with Crippen LogP contribution in [0.15, 0.2) is 35.0 Å². The monoisotopic (exact) mass is 264 g/mol. The number of nitro groups is 1. The van der Waals surface area contributed by atoms with Crippen LogP contribution in [0.1, 0.15) is 5.56 Å². The van der Waals surface area contributed by atoms with E-state index >= 15 is 0 Å². The van der Waals surface area contributed by atoms with E-state index in [-0.39, 0.29) is 11.4 Å². The van der Waals surface area contributed by atoms with E-state index in [1.54, 1.807) is 29.5 Å². The summed E-state index contributed by atoms with van der Waals surface area (Å²) >= 11 is 1.59. The Labute approximate surface area is 108 Å². The highest BCUT2D eigenvalue weighted by Gasteiger charge is 2.19. The Bertz CT molecular complexity index is 540. The van der Waals surface area contributed by atoms with E-state index in [1.807, 2.05) is 16.8 Å². The molecule has 0 amide bonds. The maximum atomic E-state index is 11.1. The first kappa shape index (κ1) is 12.4. The van der Waals surface area contributed by atoms with Crippen molar-refractivity contribution in [2.75, 3.05) is 12.4 Å². The molecule has 0 atom stereocenters. The Kier molecular flexibility index (Phi) is 3.78. The van der Waals surface area contributed by atoms with Gasteiger partial charge in [-0.1, -0.05) is 6.07 Å². The van der Waals surface area contributed by atoms with E-state index in [2.05, 4.69) is 5.32 Å². The third-order valence-corrected chi connectivity index (χ3v) is 3.20. The van der Waals surface area contributed by atoms with Crippen LogP contribution in [-0.2, 0) is 6.54 Å². The second kappa shape index (κ2) is 5.50. The fraction of sp³-hybridized carbons (Fsp3) is 0.167. The van der Waals surface area contributed by atoms with E-state index in [4.69, 9.17) is 4.74 Å². The van der Waals surface area contributed by atoms with Gasteiger partial charge < -0.3 is 10.1 Å². The van der Waals surface area contributed by atoms with Crippen molar-refractivity contribution in [2.45, 2.75) is 6.54 Å². The van der Waals surface area contributed by atoms with Crippen molar-refractivity contribution in [2.24, 2.45) is 0 Å². The molecule has 0 saturated carbocycles. The van der Waals surface area contributed by atoms with Crippen LogP contribution in [0.25, 0.3) is 0 Å². The molecule has 1 heterocycles. The number of nitrogens with zero attached hydrogens (tertiary/aromatic N) is 1. The van der Waals surface area contributed by atoms with E-state index < -0.39 is 4.92 Å². The standard InChI is InChI=1S/C12H12N2O3S/c1-17-11-4-2-3-10(12(11)14(15)16)13-7-9-5-6-18-8-9/h2-6,8,13H,7H2,1H3. The van der Waals surface area contributed by atoms with E-state index in [0.29, 0.717) is 12.2 Å². The lowest BCUT2D eigenvalue weighted by atomic mass is 10.2. The van der Waals surface area contributed by atoms with Crippen molar-refractivity contribution >= 4 is 22.7 Å². The van der Waals surface area contributed by atoms with E-state index in [1.165, 1.54) is 7.11 Å². The summed E-state index contributed by atoms with van der Waals surface area (Å²) in [6.07, 6.45) is 0. The average molecular weight is 264 g/mol. The summed E-state index contributed by atoms with van der Waals surface area (Å²) in [6.45, 7) is 0.553. The maximum absolute atomic E-state index is 11.1. The number of hydrogen-bond acceptors (Lipinski definition) is 5. The average Bonchev–Trinajstić information content (AvgIpc) is 2.88. The molecule has 0 aliphatic carbocycles. The molecule has 0 spiro atoms. The minimum Gasteiger partial charge on any atom is -0.490 e. The Balaban J connectivity index is 2.24. The third kappa shape index (κ3) is 2.60. The SMILES string of the molecule is COc1cccc(NCc2ccsc2)c1[N+](=O)[O-]. The first-order valence-electron chi connectivity index (χ1n) is 5.28.